The van der Waals surface area contributed by atoms with E-state index in [9.17, 15) is 18.3 Å². The average Bonchev–Trinajstić information content (AvgIpc) is 3.07. The summed E-state index contributed by atoms with van der Waals surface area (Å²) in [6, 6.07) is 15.1. The molecule has 2 aromatic carbocycles. The Balaban J connectivity index is 2.08. The Kier molecular flexibility index (Phi) is 4.29. The second kappa shape index (κ2) is 6.44. The molecule has 0 fully saturated rings. The zero-order valence-electron chi connectivity index (χ0n) is 13.2. The number of carbonyl (C=O) groups excluding carboxylic acids is 1. The third kappa shape index (κ3) is 3.32. The Hall–Kier alpha value is -3.48. The molecule has 130 valence electrons. The quantitative estimate of drug-likeness (QED) is 0.708. The molecule has 0 unspecified atom stereocenters. The van der Waals surface area contributed by atoms with Crippen LogP contribution in [0.5, 0.6) is 0 Å². The number of sulfonamides is 1. The maximum Gasteiger partial charge on any atom is 0.238 e. The van der Waals surface area contributed by atoms with Crippen molar-refractivity contribution < 1.29 is 18.3 Å². The molecule has 0 saturated heterocycles. The summed E-state index contributed by atoms with van der Waals surface area (Å²) >= 11 is 0. The number of rotatable bonds is 4. The van der Waals surface area contributed by atoms with E-state index in [1.807, 2.05) is 6.07 Å². The Bertz CT molecular complexity index is 1130. The smallest absolute Gasteiger partial charge is 0.238 e. The lowest BCUT2D eigenvalue weighted by atomic mass is 10.1. The fourth-order valence-electron chi connectivity index (χ4n) is 2.36. The van der Waals surface area contributed by atoms with E-state index in [1.165, 1.54) is 30.3 Å². The number of nitrogens with zero attached hydrogens (tertiary/aromatic N) is 3. The molecule has 0 aliphatic rings. The summed E-state index contributed by atoms with van der Waals surface area (Å²) in [6.07, 6.45) is 0. The van der Waals surface area contributed by atoms with Gasteiger partial charge in [0.1, 0.15) is 0 Å². The molecule has 26 heavy (non-hydrogen) atoms. The molecule has 3 rings (SSSR count). The van der Waals surface area contributed by atoms with Crippen molar-refractivity contribution in [2.75, 3.05) is 0 Å². The second-order valence-electron chi connectivity index (χ2n) is 5.34. The third-order valence-electron chi connectivity index (χ3n) is 3.64. The molecule has 0 saturated carbocycles. The van der Waals surface area contributed by atoms with Crippen molar-refractivity contribution in [3.05, 3.63) is 65.9 Å². The van der Waals surface area contributed by atoms with Gasteiger partial charge in [0.05, 0.1) is 39.6 Å². The van der Waals surface area contributed by atoms with Crippen molar-refractivity contribution in [1.29, 1.82) is 5.26 Å². The van der Waals surface area contributed by atoms with Gasteiger partial charge in [-0.25, -0.2) is 18.2 Å². The van der Waals surface area contributed by atoms with Gasteiger partial charge < -0.3 is 9.90 Å². The van der Waals surface area contributed by atoms with Crippen molar-refractivity contribution >= 4 is 16.0 Å². The number of nitriles is 1. The van der Waals surface area contributed by atoms with E-state index in [0.29, 0.717) is 22.5 Å². The van der Waals surface area contributed by atoms with Crippen molar-refractivity contribution in [3.8, 4) is 23.0 Å². The molecule has 0 aliphatic carbocycles. The van der Waals surface area contributed by atoms with Crippen molar-refractivity contribution in [2.45, 2.75) is 4.90 Å². The van der Waals surface area contributed by atoms with Crippen LogP contribution in [0.25, 0.3) is 16.9 Å². The van der Waals surface area contributed by atoms with Crippen LogP contribution in [0.3, 0.4) is 0 Å². The van der Waals surface area contributed by atoms with Gasteiger partial charge in [0.2, 0.25) is 10.0 Å². The van der Waals surface area contributed by atoms with E-state index in [0.717, 1.165) is 4.68 Å². The lowest BCUT2D eigenvalue weighted by Crippen LogP contribution is -2.25. The Morgan fingerprint density at radius 2 is 1.73 bits per heavy atom. The largest absolute Gasteiger partial charge is 0.543 e. The number of carboxylic acid groups (broad SMARTS) is 1. The lowest BCUT2D eigenvalue weighted by molar-refractivity contribution is -0.255. The van der Waals surface area contributed by atoms with Crippen LogP contribution < -0.4 is 10.2 Å². The van der Waals surface area contributed by atoms with Gasteiger partial charge in [-0.2, -0.15) is 10.4 Å². The lowest BCUT2D eigenvalue weighted by Gasteiger charge is -2.08. The molecular formula is C17H11N4O4S-. The molecule has 0 spiro atoms. The molecule has 3 aromatic rings. The molecule has 0 bridgehead atoms. The molecule has 9 heteroatoms. The summed E-state index contributed by atoms with van der Waals surface area (Å²) in [6.45, 7) is 0. The van der Waals surface area contributed by atoms with Crippen LogP contribution in [-0.2, 0) is 10.0 Å². The van der Waals surface area contributed by atoms with E-state index in [4.69, 9.17) is 10.4 Å². The van der Waals surface area contributed by atoms with Crippen molar-refractivity contribution in [2.24, 2.45) is 5.14 Å². The summed E-state index contributed by atoms with van der Waals surface area (Å²) in [7, 11) is -3.86. The van der Waals surface area contributed by atoms with Gasteiger partial charge in [-0.15, -0.1) is 0 Å². The first-order valence-electron chi connectivity index (χ1n) is 7.25. The second-order valence-corrected chi connectivity index (χ2v) is 6.90. The van der Waals surface area contributed by atoms with Crippen LogP contribution in [0.15, 0.2) is 59.5 Å². The van der Waals surface area contributed by atoms with E-state index < -0.39 is 16.0 Å². The first-order chi connectivity index (χ1) is 12.3. The number of aromatic carboxylic acids is 1. The normalized spacial score (nSPS) is 11.1. The minimum atomic E-state index is -3.86. The predicted molar refractivity (Wildman–Crippen MR) is 89.4 cm³/mol. The fourth-order valence-corrected chi connectivity index (χ4v) is 2.87. The molecule has 0 radical (unpaired) electrons. The summed E-state index contributed by atoms with van der Waals surface area (Å²) < 4.78 is 23.8. The SMILES string of the molecule is N#Cc1ccc(-c2cc(C(=O)[O-])n(-c3ccc(S(N)(=O)=O)cc3)n2)cc1. The minimum Gasteiger partial charge on any atom is -0.543 e. The molecule has 1 heterocycles. The zero-order valence-corrected chi connectivity index (χ0v) is 14.0. The zero-order chi connectivity index (χ0) is 18.9. The predicted octanol–water partition coefficient (Wildman–Crippen LogP) is 0.422. The van der Waals surface area contributed by atoms with E-state index in [2.05, 4.69) is 5.10 Å². The molecule has 8 nitrogen and oxygen atoms in total. The Labute approximate surface area is 148 Å². The van der Waals surface area contributed by atoms with Gasteiger partial charge in [0, 0.05) is 5.56 Å². The first-order valence-corrected chi connectivity index (χ1v) is 8.79. The summed E-state index contributed by atoms with van der Waals surface area (Å²) in [5, 5.41) is 29.6. The number of benzene rings is 2. The number of aromatic nitrogens is 2. The fraction of sp³-hybridized carbons (Fsp3) is 0. The van der Waals surface area contributed by atoms with Crippen molar-refractivity contribution in [1.82, 2.24) is 9.78 Å². The van der Waals surface area contributed by atoms with Crippen LogP contribution in [0, 0.1) is 11.3 Å². The topological polar surface area (TPSA) is 142 Å². The Morgan fingerprint density at radius 3 is 2.23 bits per heavy atom. The highest BCUT2D eigenvalue weighted by molar-refractivity contribution is 7.89. The van der Waals surface area contributed by atoms with Gasteiger partial charge in [-0.05, 0) is 42.5 Å². The molecule has 0 aliphatic heterocycles. The highest BCUT2D eigenvalue weighted by Gasteiger charge is 2.14. The van der Waals surface area contributed by atoms with E-state index in [1.54, 1.807) is 24.3 Å². The van der Waals surface area contributed by atoms with Gasteiger partial charge in [-0.1, -0.05) is 12.1 Å². The number of carbonyl (C=O) groups is 1. The summed E-state index contributed by atoms with van der Waals surface area (Å²) in [5.74, 6) is -1.44. The molecule has 1 aromatic heterocycles. The summed E-state index contributed by atoms with van der Waals surface area (Å²) in [5.41, 5.74) is 1.58. The average molecular weight is 367 g/mol. The van der Waals surface area contributed by atoms with Crippen LogP contribution in [-0.4, -0.2) is 24.2 Å². The summed E-state index contributed by atoms with van der Waals surface area (Å²) in [4.78, 5) is 11.3. The molecular weight excluding hydrogens is 356 g/mol. The number of primary sulfonamides is 1. The van der Waals surface area contributed by atoms with Crippen LogP contribution in [0.1, 0.15) is 16.1 Å². The highest BCUT2D eigenvalue weighted by atomic mass is 32.2. The minimum absolute atomic E-state index is 0.101. The maximum absolute atomic E-state index is 11.4. The first kappa shape index (κ1) is 17.3. The number of carboxylic acids is 1. The molecule has 0 atom stereocenters. The monoisotopic (exact) mass is 367 g/mol. The number of nitrogens with two attached hydrogens (primary N) is 1. The van der Waals surface area contributed by atoms with Gasteiger partial charge in [-0.3, -0.25) is 0 Å². The van der Waals surface area contributed by atoms with Crippen LogP contribution >= 0.6 is 0 Å². The van der Waals surface area contributed by atoms with E-state index in [-0.39, 0.29) is 10.6 Å². The third-order valence-corrected chi connectivity index (χ3v) is 4.57. The number of hydrogen-bond acceptors (Lipinski definition) is 6. The van der Waals surface area contributed by atoms with Gasteiger partial charge in [0.15, 0.2) is 0 Å². The van der Waals surface area contributed by atoms with Crippen molar-refractivity contribution in [3.63, 3.8) is 0 Å². The standard InChI is InChI=1S/C17H12N4O4S/c18-10-11-1-3-12(4-2-11)15-9-16(17(22)23)21(20-15)13-5-7-14(8-6-13)26(19,24)25/h1-9H,(H,22,23)(H2,19,24,25)/p-1. The van der Waals surface area contributed by atoms with Gasteiger partial charge in [0.25, 0.3) is 0 Å². The van der Waals surface area contributed by atoms with Gasteiger partial charge >= 0.3 is 0 Å². The maximum atomic E-state index is 11.4. The Morgan fingerprint density at radius 1 is 1.12 bits per heavy atom. The van der Waals surface area contributed by atoms with Crippen LogP contribution in [0.2, 0.25) is 0 Å². The highest BCUT2D eigenvalue weighted by Crippen LogP contribution is 2.22. The van der Waals surface area contributed by atoms with E-state index >= 15 is 0 Å². The molecule has 0 amide bonds. The van der Waals surface area contributed by atoms with Crippen LogP contribution in [0.4, 0.5) is 0 Å². The molecule has 2 N–H and O–H groups in total. The number of hydrogen-bond donors (Lipinski definition) is 1.